The van der Waals surface area contributed by atoms with Gasteiger partial charge in [-0.3, -0.25) is 0 Å². The number of phenols is 1. The third-order valence-electron chi connectivity index (χ3n) is 2.48. The molecule has 1 radical (unpaired) electrons. The van der Waals surface area contributed by atoms with Crippen molar-refractivity contribution >= 4 is 23.0 Å². The number of nitrogens with zero attached hydrogens (tertiary/aromatic N) is 2. The van der Waals surface area contributed by atoms with Crippen LogP contribution in [0.15, 0.2) is 46.6 Å². The van der Waals surface area contributed by atoms with Crippen LogP contribution in [0.5, 0.6) is 11.5 Å². The van der Waals surface area contributed by atoms with E-state index >= 15 is 0 Å². The van der Waals surface area contributed by atoms with Crippen LogP contribution >= 0.6 is 11.6 Å². The molecule has 0 saturated carbocycles. The lowest BCUT2D eigenvalue weighted by Gasteiger charge is -2.02. The second-order valence-corrected chi connectivity index (χ2v) is 4.27. The Morgan fingerprint density at radius 1 is 1.16 bits per heavy atom. The molecule has 1 N–H and O–H groups in total. The van der Waals surface area contributed by atoms with Gasteiger partial charge in [0, 0.05) is 5.02 Å². The topological polar surface area (TPSA) is 54.2 Å². The number of aromatic hydroxyl groups is 1. The van der Waals surface area contributed by atoms with E-state index in [0.717, 1.165) is 5.75 Å². The van der Waals surface area contributed by atoms with Gasteiger partial charge in [-0.2, -0.15) is 5.11 Å². The van der Waals surface area contributed by atoms with Crippen LogP contribution in [0.2, 0.25) is 5.02 Å². The van der Waals surface area contributed by atoms with Gasteiger partial charge < -0.3 is 9.84 Å². The Balaban J connectivity index is 2.27. The predicted octanol–water partition coefficient (Wildman–Crippen LogP) is 4.65. The van der Waals surface area contributed by atoms with Gasteiger partial charge in [0.2, 0.25) is 0 Å². The van der Waals surface area contributed by atoms with E-state index in [1.807, 2.05) is 0 Å². The van der Waals surface area contributed by atoms with Crippen molar-refractivity contribution in [2.24, 2.45) is 10.2 Å². The largest absolute Gasteiger partial charge is 0.505 e. The molecular formula is C14H12ClN2O2. The van der Waals surface area contributed by atoms with E-state index in [0.29, 0.717) is 16.3 Å². The number of phenolic OH excluding ortho intramolecular Hbond substituents is 1. The van der Waals surface area contributed by atoms with Crippen molar-refractivity contribution < 1.29 is 9.84 Å². The Kier molecular flexibility index (Phi) is 4.02. The number of rotatable bonds is 3. The molecule has 2 aromatic carbocycles. The molecule has 0 spiro atoms. The van der Waals surface area contributed by atoms with Crippen LogP contribution in [0.1, 0.15) is 5.56 Å². The fourth-order valence-corrected chi connectivity index (χ4v) is 1.71. The minimum Gasteiger partial charge on any atom is -0.505 e. The highest BCUT2D eigenvalue weighted by Gasteiger charge is 2.05. The number of ether oxygens (including phenoxy) is 1. The molecule has 0 aliphatic heterocycles. The zero-order valence-corrected chi connectivity index (χ0v) is 11.1. The number of benzene rings is 2. The van der Waals surface area contributed by atoms with Crippen LogP contribution in [0.4, 0.5) is 11.4 Å². The van der Waals surface area contributed by atoms with E-state index in [1.165, 1.54) is 6.07 Å². The molecule has 0 atom stereocenters. The van der Waals surface area contributed by atoms with Crippen LogP contribution in [0.25, 0.3) is 0 Å². The van der Waals surface area contributed by atoms with Crippen molar-refractivity contribution in [1.82, 2.24) is 0 Å². The van der Waals surface area contributed by atoms with Gasteiger partial charge in [-0.25, -0.2) is 0 Å². The Labute approximate surface area is 116 Å². The van der Waals surface area contributed by atoms with Gasteiger partial charge >= 0.3 is 0 Å². The molecule has 0 unspecified atom stereocenters. The van der Waals surface area contributed by atoms with Crippen molar-refractivity contribution in [3.8, 4) is 11.5 Å². The van der Waals surface area contributed by atoms with E-state index in [9.17, 15) is 5.11 Å². The molecule has 97 valence electrons. The summed E-state index contributed by atoms with van der Waals surface area (Å²) in [4.78, 5) is 0. The van der Waals surface area contributed by atoms with Crippen LogP contribution in [0, 0.1) is 6.92 Å². The summed E-state index contributed by atoms with van der Waals surface area (Å²) in [5, 5.41) is 18.2. The summed E-state index contributed by atoms with van der Waals surface area (Å²) in [5.41, 5.74) is 1.34. The molecule has 19 heavy (non-hydrogen) atoms. The first-order valence-electron chi connectivity index (χ1n) is 5.50. The number of azo groups is 1. The third kappa shape index (κ3) is 3.23. The highest BCUT2D eigenvalue weighted by molar-refractivity contribution is 6.31. The third-order valence-corrected chi connectivity index (χ3v) is 2.70. The first kappa shape index (κ1) is 13.4. The molecule has 4 nitrogen and oxygen atoms in total. The summed E-state index contributed by atoms with van der Waals surface area (Å²) in [6, 6.07) is 10.2. The van der Waals surface area contributed by atoms with E-state index in [4.69, 9.17) is 16.3 Å². The van der Waals surface area contributed by atoms with Gasteiger partial charge in [-0.15, -0.1) is 5.11 Å². The van der Waals surface area contributed by atoms with Crippen LogP contribution in [-0.2, 0) is 0 Å². The Morgan fingerprint density at radius 3 is 2.47 bits per heavy atom. The summed E-state index contributed by atoms with van der Waals surface area (Å²) < 4.78 is 5.04. The highest BCUT2D eigenvalue weighted by atomic mass is 35.5. The lowest BCUT2D eigenvalue weighted by molar-refractivity contribution is 0.415. The van der Waals surface area contributed by atoms with Gasteiger partial charge in [0.15, 0.2) is 0 Å². The maximum absolute atomic E-state index is 9.79. The van der Waals surface area contributed by atoms with Crippen molar-refractivity contribution in [1.29, 1.82) is 0 Å². The van der Waals surface area contributed by atoms with Gasteiger partial charge in [-0.05, 0) is 48.9 Å². The summed E-state index contributed by atoms with van der Waals surface area (Å²) >= 11 is 5.87. The van der Waals surface area contributed by atoms with Gasteiger partial charge in [0.1, 0.15) is 17.2 Å². The average molecular weight is 276 g/mol. The Hall–Kier alpha value is -2.07. The van der Waals surface area contributed by atoms with Gasteiger partial charge in [0.05, 0.1) is 12.8 Å². The van der Waals surface area contributed by atoms with Gasteiger partial charge in [0.25, 0.3) is 0 Å². The molecule has 2 aromatic rings. The number of hydrogen-bond acceptors (Lipinski definition) is 4. The quantitative estimate of drug-likeness (QED) is 0.829. The van der Waals surface area contributed by atoms with Crippen molar-refractivity contribution in [2.75, 3.05) is 7.11 Å². The zero-order chi connectivity index (χ0) is 13.8. The molecule has 0 aromatic heterocycles. The summed E-state index contributed by atoms with van der Waals surface area (Å²) in [6.07, 6.45) is 0. The normalized spacial score (nSPS) is 10.9. The van der Waals surface area contributed by atoms with E-state index in [1.54, 1.807) is 37.4 Å². The highest BCUT2D eigenvalue weighted by Crippen LogP contribution is 2.34. The second-order valence-electron chi connectivity index (χ2n) is 3.83. The lowest BCUT2D eigenvalue weighted by Crippen LogP contribution is -1.79. The molecule has 0 saturated heterocycles. The van der Waals surface area contributed by atoms with Crippen LogP contribution in [0.3, 0.4) is 0 Å². The second kappa shape index (κ2) is 5.71. The Morgan fingerprint density at radius 2 is 1.84 bits per heavy atom. The predicted molar refractivity (Wildman–Crippen MR) is 74.7 cm³/mol. The van der Waals surface area contributed by atoms with E-state index in [-0.39, 0.29) is 11.4 Å². The molecule has 2 rings (SSSR count). The van der Waals surface area contributed by atoms with Crippen molar-refractivity contribution in [3.63, 3.8) is 0 Å². The number of methoxy groups -OCH3 is 1. The first-order chi connectivity index (χ1) is 9.10. The van der Waals surface area contributed by atoms with E-state index < -0.39 is 0 Å². The van der Waals surface area contributed by atoms with E-state index in [2.05, 4.69) is 17.2 Å². The van der Waals surface area contributed by atoms with Crippen molar-refractivity contribution in [3.05, 3.63) is 53.9 Å². The zero-order valence-electron chi connectivity index (χ0n) is 10.3. The smallest absolute Gasteiger partial charge is 0.146 e. The van der Waals surface area contributed by atoms with Crippen LogP contribution in [-0.4, -0.2) is 12.2 Å². The molecule has 0 fully saturated rings. The standard InChI is InChI=1S/C14H12ClN2O2/c1-9-7-10(15)8-13(14(9)18)17-16-11-3-5-12(19-2)6-4-11/h3-8,18H,1H2,2H3. The molecule has 0 bridgehead atoms. The summed E-state index contributed by atoms with van der Waals surface area (Å²) in [6.45, 7) is 3.67. The monoisotopic (exact) mass is 275 g/mol. The first-order valence-corrected chi connectivity index (χ1v) is 5.88. The van der Waals surface area contributed by atoms with Crippen LogP contribution < -0.4 is 4.74 Å². The summed E-state index contributed by atoms with van der Waals surface area (Å²) in [5.74, 6) is 0.714. The minimum atomic E-state index is -0.0262. The lowest BCUT2D eigenvalue weighted by atomic mass is 10.2. The maximum Gasteiger partial charge on any atom is 0.146 e. The fraction of sp³-hybridized carbons (Fsp3) is 0.0714. The molecule has 0 aliphatic rings. The Bertz CT molecular complexity index is 610. The van der Waals surface area contributed by atoms with Crippen molar-refractivity contribution in [2.45, 2.75) is 0 Å². The minimum absolute atomic E-state index is 0.0262. The molecule has 0 heterocycles. The molecular weight excluding hydrogens is 264 g/mol. The maximum atomic E-state index is 9.79. The summed E-state index contributed by atoms with van der Waals surface area (Å²) in [7, 11) is 1.59. The number of halogens is 1. The molecule has 5 heteroatoms. The fourth-order valence-electron chi connectivity index (χ4n) is 1.48. The molecule has 0 aliphatic carbocycles. The van der Waals surface area contributed by atoms with Gasteiger partial charge in [-0.1, -0.05) is 11.6 Å². The molecule has 0 amide bonds. The average Bonchev–Trinajstić information content (AvgIpc) is 2.41. The SMILES string of the molecule is [CH2]c1cc(Cl)cc(N=Nc2ccc(OC)cc2)c1O. The number of hydrogen-bond donors (Lipinski definition) is 1.